The Kier molecular flexibility index (Phi) is 4.91. The van der Waals surface area contributed by atoms with Gasteiger partial charge in [-0.05, 0) is 35.9 Å². The fourth-order valence-corrected chi connectivity index (χ4v) is 3.77. The number of nitrogens with zero attached hydrogens (tertiary/aromatic N) is 1. The molecule has 9 heteroatoms. The summed E-state index contributed by atoms with van der Waals surface area (Å²) >= 11 is 6.28. The fourth-order valence-electron chi connectivity index (χ4n) is 3.06. The van der Waals surface area contributed by atoms with Crippen molar-refractivity contribution in [3.05, 3.63) is 83.2 Å². The molecule has 1 amide bonds. The second-order valence-electron chi connectivity index (χ2n) is 6.40. The average molecular weight is 430 g/mol. The van der Waals surface area contributed by atoms with Crippen molar-refractivity contribution in [1.29, 1.82) is 0 Å². The molecule has 0 radical (unpaired) electrons. The number of furan rings is 1. The van der Waals surface area contributed by atoms with Crippen LogP contribution in [0.4, 0.5) is 5.69 Å². The number of rotatable bonds is 5. The van der Waals surface area contributed by atoms with Crippen molar-refractivity contribution in [3.8, 4) is 0 Å². The van der Waals surface area contributed by atoms with Crippen LogP contribution in [-0.4, -0.2) is 18.9 Å². The van der Waals surface area contributed by atoms with Crippen LogP contribution in [-0.2, 0) is 16.6 Å². The first-order chi connectivity index (χ1) is 13.8. The summed E-state index contributed by atoms with van der Waals surface area (Å²) in [7, 11) is -3.80. The van der Waals surface area contributed by atoms with Gasteiger partial charge >= 0.3 is 0 Å². The topological polar surface area (TPSA) is 107 Å². The Labute approximate surface area is 171 Å². The largest absolute Gasteiger partial charge is 0.463 e. The number of carbonyl (C=O) groups is 1. The highest BCUT2D eigenvalue weighted by Gasteiger charge is 2.19. The highest BCUT2D eigenvalue weighted by atomic mass is 35.5. The van der Waals surface area contributed by atoms with E-state index < -0.39 is 10.0 Å². The van der Waals surface area contributed by atoms with Crippen LogP contribution in [0.2, 0.25) is 5.02 Å². The average Bonchev–Trinajstić information content (AvgIpc) is 3.26. The SMILES string of the molecule is NS(=O)(=O)c1ccc(NC(=O)c2cc3occc3n2Cc2ccccc2Cl)cc1. The van der Waals surface area contributed by atoms with Gasteiger partial charge in [0.1, 0.15) is 5.69 Å². The Hall–Kier alpha value is -3.07. The molecule has 0 aliphatic rings. The summed E-state index contributed by atoms with van der Waals surface area (Å²) in [6.45, 7) is 0.385. The molecule has 2 heterocycles. The number of hydrogen-bond donors (Lipinski definition) is 2. The molecule has 29 heavy (non-hydrogen) atoms. The van der Waals surface area contributed by atoms with Crippen LogP contribution < -0.4 is 10.5 Å². The molecule has 0 bridgehead atoms. The third kappa shape index (κ3) is 3.91. The lowest BCUT2D eigenvalue weighted by Gasteiger charge is -2.12. The predicted molar refractivity (Wildman–Crippen MR) is 111 cm³/mol. The number of nitrogens with two attached hydrogens (primary N) is 1. The van der Waals surface area contributed by atoms with Gasteiger partial charge in [0.25, 0.3) is 5.91 Å². The maximum atomic E-state index is 12.9. The molecule has 0 saturated heterocycles. The van der Waals surface area contributed by atoms with Gasteiger partial charge in [-0.1, -0.05) is 29.8 Å². The van der Waals surface area contributed by atoms with Gasteiger partial charge in [-0.2, -0.15) is 0 Å². The second-order valence-corrected chi connectivity index (χ2v) is 8.37. The first-order valence-corrected chi connectivity index (χ1v) is 10.5. The van der Waals surface area contributed by atoms with Gasteiger partial charge in [0.05, 0.1) is 16.7 Å². The summed E-state index contributed by atoms with van der Waals surface area (Å²) < 4.78 is 30.0. The predicted octanol–water partition coefficient (Wildman–Crippen LogP) is 3.84. The number of sulfonamides is 1. The van der Waals surface area contributed by atoms with E-state index in [1.165, 1.54) is 24.3 Å². The zero-order chi connectivity index (χ0) is 20.6. The zero-order valence-electron chi connectivity index (χ0n) is 15.0. The fraction of sp³-hybridized carbons (Fsp3) is 0.0500. The number of amides is 1. The molecule has 0 atom stereocenters. The van der Waals surface area contributed by atoms with Gasteiger partial charge in [-0.3, -0.25) is 4.79 Å². The Bertz CT molecular complexity index is 1310. The van der Waals surface area contributed by atoms with E-state index in [9.17, 15) is 13.2 Å². The lowest BCUT2D eigenvalue weighted by atomic mass is 10.2. The summed E-state index contributed by atoms with van der Waals surface area (Å²) in [6.07, 6.45) is 1.56. The molecule has 2 aromatic heterocycles. The van der Waals surface area contributed by atoms with E-state index in [1.807, 2.05) is 22.8 Å². The van der Waals surface area contributed by atoms with Gasteiger partial charge in [0.15, 0.2) is 5.58 Å². The van der Waals surface area contributed by atoms with E-state index in [0.29, 0.717) is 28.5 Å². The maximum absolute atomic E-state index is 12.9. The van der Waals surface area contributed by atoms with Crippen LogP contribution in [0.5, 0.6) is 0 Å². The van der Waals surface area contributed by atoms with E-state index in [1.54, 1.807) is 24.5 Å². The molecular weight excluding hydrogens is 414 g/mol. The lowest BCUT2D eigenvalue weighted by Crippen LogP contribution is -2.18. The summed E-state index contributed by atoms with van der Waals surface area (Å²) in [5.41, 5.74) is 3.02. The Balaban J connectivity index is 1.66. The molecule has 7 nitrogen and oxygen atoms in total. The molecule has 0 spiro atoms. The van der Waals surface area contributed by atoms with Gasteiger partial charge in [-0.25, -0.2) is 13.6 Å². The number of benzene rings is 2. The van der Waals surface area contributed by atoms with Crippen LogP contribution in [0.3, 0.4) is 0 Å². The molecule has 0 aliphatic heterocycles. The third-order valence-corrected chi connectivity index (χ3v) is 5.78. The van der Waals surface area contributed by atoms with E-state index >= 15 is 0 Å². The van der Waals surface area contributed by atoms with Crippen molar-refractivity contribution < 1.29 is 17.6 Å². The van der Waals surface area contributed by atoms with Crippen LogP contribution in [0, 0.1) is 0 Å². The van der Waals surface area contributed by atoms with E-state index in [2.05, 4.69) is 5.32 Å². The maximum Gasteiger partial charge on any atom is 0.272 e. The quantitative estimate of drug-likeness (QED) is 0.502. The lowest BCUT2D eigenvalue weighted by molar-refractivity contribution is 0.101. The number of anilines is 1. The van der Waals surface area contributed by atoms with E-state index in [0.717, 1.165) is 11.1 Å². The molecule has 2 aromatic carbocycles. The van der Waals surface area contributed by atoms with Crippen LogP contribution in [0.15, 0.2) is 76.2 Å². The highest BCUT2D eigenvalue weighted by molar-refractivity contribution is 7.89. The summed E-state index contributed by atoms with van der Waals surface area (Å²) in [5.74, 6) is -0.369. The van der Waals surface area contributed by atoms with Gasteiger partial charge in [0, 0.05) is 29.4 Å². The number of primary sulfonamides is 1. The Morgan fingerprint density at radius 1 is 1.10 bits per heavy atom. The molecule has 0 aliphatic carbocycles. The molecular formula is C20H16ClN3O4S. The molecule has 0 saturated carbocycles. The minimum atomic E-state index is -3.80. The van der Waals surface area contributed by atoms with Crippen molar-refractivity contribution in [1.82, 2.24) is 4.57 Å². The number of nitrogens with one attached hydrogen (secondary N) is 1. The monoisotopic (exact) mass is 429 g/mol. The Morgan fingerprint density at radius 2 is 1.83 bits per heavy atom. The number of hydrogen-bond acceptors (Lipinski definition) is 4. The van der Waals surface area contributed by atoms with Crippen molar-refractivity contribution in [3.63, 3.8) is 0 Å². The Morgan fingerprint density at radius 3 is 2.52 bits per heavy atom. The zero-order valence-corrected chi connectivity index (χ0v) is 16.6. The minimum Gasteiger partial charge on any atom is -0.463 e. The standard InChI is InChI=1S/C20H16ClN3O4S/c21-16-4-2-1-3-13(16)12-24-17-9-10-28-19(17)11-18(24)20(25)23-14-5-7-15(8-6-14)29(22,26)27/h1-11H,12H2,(H,23,25)(H2,22,26,27). The number of carbonyl (C=O) groups excluding carboxylic acids is 1. The summed E-state index contributed by atoms with van der Waals surface area (Å²) in [4.78, 5) is 12.9. The van der Waals surface area contributed by atoms with E-state index in [4.69, 9.17) is 21.2 Å². The highest BCUT2D eigenvalue weighted by Crippen LogP contribution is 2.25. The number of halogens is 1. The van der Waals surface area contributed by atoms with Gasteiger partial charge in [-0.15, -0.1) is 0 Å². The minimum absolute atomic E-state index is 0.0323. The molecule has 148 valence electrons. The molecule has 0 unspecified atom stereocenters. The summed E-state index contributed by atoms with van der Waals surface area (Å²) in [6, 6.07) is 16.5. The van der Waals surface area contributed by atoms with Gasteiger partial charge in [0.2, 0.25) is 10.0 Å². The van der Waals surface area contributed by atoms with E-state index in [-0.39, 0.29) is 10.8 Å². The van der Waals surface area contributed by atoms with Crippen LogP contribution in [0.1, 0.15) is 16.1 Å². The number of aromatic nitrogens is 1. The summed E-state index contributed by atoms with van der Waals surface area (Å²) in [5, 5.41) is 8.45. The van der Waals surface area contributed by atoms with Crippen molar-refractivity contribution >= 4 is 44.3 Å². The first kappa shape index (κ1) is 19.3. The second kappa shape index (κ2) is 7.40. The molecule has 3 N–H and O–H groups in total. The molecule has 4 rings (SSSR count). The smallest absolute Gasteiger partial charge is 0.272 e. The number of fused-ring (bicyclic) bond motifs is 1. The first-order valence-electron chi connectivity index (χ1n) is 8.57. The van der Waals surface area contributed by atoms with Crippen LogP contribution >= 0.6 is 11.6 Å². The normalized spacial score (nSPS) is 11.7. The third-order valence-electron chi connectivity index (χ3n) is 4.48. The molecule has 4 aromatic rings. The van der Waals surface area contributed by atoms with Crippen molar-refractivity contribution in [2.75, 3.05) is 5.32 Å². The van der Waals surface area contributed by atoms with Crippen molar-refractivity contribution in [2.24, 2.45) is 5.14 Å². The molecule has 0 fully saturated rings. The van der Waals surface area contributed by atoms with Crippen LogP contribution in [0.25, 0.3) is 11.1 Å². The van der Waals surface area contributed by atoms with Gasteiger partial charge < -0.3 is 14.3 Å². The van der Waals surface area contributed by atoms with Crippen molar-refractivity contribution in [2.45, 2.75) is 11.4 Å².